The van der Waals surface area contributed by atoms with E-state index in [-0.39, 0.29) is 6.73 Å². The lowest BCUT2D eigenvalue weighted by atomic mass is 10.3. The lowest BCUT2D eigenvalue weighted by Gasteiger charge is -2.10. The van der Waals surface area contributed by atoms with Crippen molar-refractivity contribution in [3.63, 3.8) is 0 Å². The van der Waals surface area contributed by atoms with Gasteiger partial charge in [-0.25, -0.2) is 4.79 Å². The summed E-state index contributed by atoms with van der Waals surface area (Å²) in [6.45, 7) is 2.19. The van der Waals surface area contributed by atoms with E-state index in [4.69, 9.17) is 14.6 Å². The van der Waals surface area contributed by atoms with Crippen molar-refractivity contribution in [1.82, 2.24) is 10.6 Å². The second-order valence-corrected chi connectivity index (χ2v) is 2.76. The third-order valence-corrected chi connectivity index (χ3v) is 1.48. The first kappa shape index (κ1) is 13.7. The van der Waals surface area contributed by atoms with Crippen LogP contribution in [0.4, 0.5) is 4.79 Å². The molecule has 0 aromatic rings. The Morgan fingerprint density at radius 2 is 2.07 bits per heavy atom. The lowest BCUT2D eigenvalue weighted by Crippen LogP contribution is -2.45. The van der Waals surface area contributed by atoms with E-state index in [0.717, 1.165) is 0 Å². The van der Waals surface area contributed by atoms with Crippen LogP contribution >= 0.6 is 0 Å². The largest absolute Gasteiger partial charge is 0.480 e. The van der Waals surface area contributed by atoms with E-state index in [1.54, 1.807) is 0 Å². The van der Waals surface area contributed by atoms with Gasteiger partial charge in [-0.15, -0.1) is 0 Å². The summed E-state index contributed by atoms with van der Waals surface area (Å²) < 4.78 is 9.66. The maximum absolute atomic E-state index is 11.0. The summed E-state index contributed by atoms with van der Waals surface area (Å²) in [6.07, 6.45) is 0. The van der Waals surface area contributed by atoms with Crippen LogP contribution in [0.25, 0.3) is 0 Å². The minimum Gasteiger partial charge on any atom is -0.480 e. The number of carbonyl (C=O) groups excluding carboxylic acids is 1. The van der Waals surface area contributed by atoms with Gasteiger partial charge in [0, 0.05) is 7.11 Å². The summed E-state index contributed by atoms with van der Waals surface area (Å²) in [5.74, 6) is -1.09. The van der Waals surface area contributed by atoms with Crippen LogP contribution in [-0.4, -0.2) is 50.2 Å². The van der Waals surface area contributed by atoms with E-state index in [1.165, 1.54) is 14.0 Å². The molecule has 0 aliphatic carbocycles. The van der Waals surface area contributed by atoms with Gasteiger partial charge >= 0.3 is 12.0 Å². The Balaban J connectivity index is 3.45. The number of carbonyl (C=O) groups is 2. The number of methoxy groups -OCH3 is 1. The van der Waals surface area contributed by atoms with Crippen LogP contribution in [0.15, 0.2) is 0 Å². The van der Waals surface area contributed by atoms with Crippen LogP contribution < -0.4 is 10.6 Å². The van der Waals surface area contributed by atoms with E-state index < -0.39 is 18.0 Å². The molecule has 2 amide bonds. The quantitative estimate of drug-likeness (QED) is 0.392. The summed E-state index contributed by atoms with van der Waals surface area (Å²) in [4.78, 5) is 21.4. The highest BCUT2D eigenvalue weighted by molar-refractivity contribution is 5.81. The van der Waals surface area contributed by atoms with Gasteiger partial charge in [0.05, 0.1) is 13.2 Å². The van der Waals surface area contributed by atoms with Crippen LogP contribution in [0, 0.1) is 0 Å². The smallest absolute Gasteiger partial charge is 0.325 e. The number of carboxylic acids is 1. The molecule has 1 unspecified atom stereocenters. The topological polar surface area (TPSA) is 96.9 Å². The molecule has 0 aliphatic heterocycles. The zero-order valence-corrected chi connectivity index (χ0v) is 8.78. The molecule has 0 aromatic carbocycles. The number of hydrogen-bond acceptors (Lipinski definition) is 4. The van der Waals surface area contributed by atoms with E-state index in [9.17, 15) is 9.59 Å². The first-order chi connectivity index (χ1) is 7.07. The molecule has 0 aromatic heterocycles. The molecule has 0 fully saturated rings. The molecular weight excluding hydrogens is 204 g/mol. The van der Waals surface area contributed by atoms with Crippen molar-refractivity contribution in [3.8, 4) is 0 Å². The van der Waals surface area contributed by atoms with Crippen LogP contribution in [0.5, 0.6) is 0 Å². The highest BCUT2D eigenvalue weighted by Gasteiger charge is 2.12. The van der Waals surface area contributed by atoms with Gasteiger partial charge < -0.3 is 25.2 Å². The molecule has 0 bridgehead atoms. The van der Waals surface area contributed by atoms with Crippen LogP contribution in [0.2, 0.25) is 0 Å². The van der Waals surface area contributed by atoms with E-state index in [2.05, 4.69) is 10.6 Å². The first-order valence-corrected chi connectivity index (χ1v) is 4.41. The minimum atomic E-state index is -1.09. The van der Waals surface area contributed by atoms with Crippen molar-refractivity contribution in [2.75, 3.05) is 27.1 Å². The maximum atomic E-state index is 11.0. The van der Waals surface area contributed by atoms with Gasteiger partial charge in [-0.3, -0.25) is 4.79 Å². The Hall–Kier alpha value is -1.34. The first-order valence-electron chi connectivity index (χ1n) is 4.41. The molecule has 0 aliphatic rings. The number of aliphatic carboxylic acids is 1. The molecule has 88 valence electrons. The van der Waals surface area contributed by atoms with Crippen molar-refractivity contribution < 1.29 is 24.2 Å². The van der Waals surface area contributed by atoms with Crippen molar-refractivity contribution in [2.24, 2.45) is 0 Å². The third-order valence-electron chi connectivity index (χ3n) is 1.48. The Morgan fingerprint density at radius 1 is 1.40 bits per heavy atom. The van der Waals surface area contributed by atoms with Crippen LogP contribution in [0.1, 0.15) is 6.92 Å². The number of hydrogen-bond donors (Lipinski definition) is 3. The number of rotatable bonds is 7. The summed E-state index contributed by atoms with van der Waals surface area (Å²) in [7, 11) is 1.54. The number of nitrogens with one attached hydrogen (secondary N) is 2. The number of carboxylic acid groups (broad SMARTS) is 1. The average molecular weight is 220 g/mol. The normalized spacial score (nSPS) is 11.9. The third kappa shape index (κ3) is 7.71. The van der Waals surface area contributed by atoms with E-state index >= 15 is 0 Å². The molecule has 3 N–H and O–H groups in total. The average Bonchev–Trinajstić information content (AvgIpc) is 2.17. The lowest BCUT2D eigenvalue weighted by molar-refractivity contribution is -0.138. The highest BCUT2D eigenvalue weighted by atomic mass is 16.5. The molecule has 7 nitrogen and oxygen atoms in total. The van der Waals surface area contributed by atoms with Gasteiger partial charge in [-0.2, -0.15) is 0 Å². The van der Waals surface area contributed by atoms with Crippen LogP contribution in [-0.2, 0) is 14.3 Å². The predicted octanol–water partition coefficient (Wildman–Crippen LogP) is -0.621. The molecule has 0 spiro atoms. The second-order valence-electron chi connectivity index (χ2n) is 2.76. The Labute approximate surface area is 87.7 Å². The standard InChI is InChI=1S/C8H16N2O5/c1-6(7(11)12)10-8(13)9-5-15-4-3-14-2/h6H,3-5H2,1-2H3,(H,11,12)(H2,9,10,13). The van der Waals surface area contributed by atoms with Gasteiger partial charge in [0.1, 0.15) is 12.8 Å². The zero-order valence-electron chi connectivity index (χ0n) is 8.78. The highest BCUT2D eigenvalue weighted by Crippen LogP contribution is 1.80. The minimum absolute atomic E-state index is 0.0154. The van der Waals surface area contributed by atoms with Gasteiger partial charge in [0.2, 0.25) is 0 Å². The van der Waals surface area contributed by atoms with Crippen LogP contribution in [0.3, 0.4) is 0 Å². The number of amides is 2. The molecule has 0 rings (SSSR count). The number of urea groups is 1. The summed E-state index contributed by atoms with van der Waals surface area (Å²) in [5.41, 5.74) is 0. The molecule has 0 saturated heterocycles. The van der Waals surface area contributed by atoms with Gasteiger partial charge in [0.25, 0.3) is 0 Å². The molecular formula is C8H16N2O5. The molecule has 15 heavy (non-hydrogen) atoms. The molecule has 0 heterocycles. The Kier molecular flexibility index (Phi) is 7.29. The fourth-order valence-corrected chi connectivity index (χ4v) is 0.640. The molecule has 0 radical (unpaired) electrons. The molecule has 7 heteroatoms. The summed E-state index contributed by atoms with van der Waals surface area (Å²) in [5, 5.41) is 13.0. The van der Waals surface area contributed by atoms with E-state index in [0.29, 0.717) is 13.2 Å². The molecule has 0 saturated carbocycles. The van der Waals surface area contributed by atoms with E-state index in [1.807, 2.05) is 0 Å². The summed E-state index contributed by atoms with van der Waals surface area (Å²) in [6, 6.07) is -1.51. The molecule has 1 atom stereocenters. The Morgan fingerprint density at radius 3 is 2.60 bits per heavy atom. The van der Waals surface area contributed by atoms with Crippen molar-refractivity contribution in [2.45, 2.75) is 13.0 Å². The van der Waals surface area contributed by atoms with Gasteiger partial charge in [-0.1, -0.05) is 0 Å². The van der Waals surface area contributed by atoms with Gasteiger partial charge in [0.15, 0.2) is 0 Å². The fourth-order valence-electron chi connectivity index (χ4n) is 0.640. The summed E-state index contributed by atoms with van der Waals surface area (Å²) >= 11 is 0. The SMILES string of the molecule is COCCOCNC(=O)NC(C)C(=O)O. The monoisotopic (exact) mass is 220 g/mol. The predicted molar refractivity (Wildman–Crippen MR) is 51.5 cm³/mol. The van der Waals surface area contributed by atoms with Gasteiger partial charge in [-0.05, 0) is 6.92 Å². The second kappa shape index (κ2) is 8.01. The maximum Gasteiger partial charge on any atom is 0.325 e. The van der Waals surface area contributed by atoms with Crippen molar-refractivity contribution in [3.05, 3.63) is 0 Å². The fraction of sp³-hybridized carbons (Fsp3) is 0.750. The van der Waals surface area contributed by atoms with Crippen molar-refractivity contribution in [1.29, 1.82) is 0 Å². The Bertz CT molecular complexity index is 209. The van der Waals surface area contributed by atoms with Crippen molar-refractivity contribution >= 4 is 12.0 Å². The number of ether oxygens (including phenoxy) is 2. The zero-order chi connectivity index (χ0) is 11.7.